The topological polar surface area (TPSA) is 72.7 Å². The van der Waals surface area contributed by atoms with E-state index in [1.165, 1.54) is 24.3 Å². The van der Waals surface area contributed by atoms with Crippen LogP contribution < -0.4 is 0 Å². The molecule has 7 heteroatoms. The number of non-ortho nitro benzene ring substituents is 1. The number of halogens is 1. The van der Waals surface area contributed by atoms with E-state index in [9.17, 15) is 14.9 Å². The largest absolute Gasteiger partial charge is 0.454 e. The average Bonchev–Trinajstić information content (AvgIpc) is 2.76. The van der Waals surface area contributed by atoms with Gasteiger partial charge in [-0.25, -0.2) is 4.79 Å². The van der Waals surface area contributed by atoms with E-state index in [0.29, 0.717) is 5.02 Å². The smallest absolute Gasteiger partial charge is 0.338 e. The lowest BCUT2D eigenvalue weighted by Crippen LogP contribution is -2.33. The highest BCUT2D eigenvalue weighted by Crippen LogP contribution is 2.24. The third-order valence-corrected chi connectivity index (χ3v) is 5.51. The predicted octanol–water partition coefficient (Wildman–Crippen LogP) is 6.25. The van der Waals surface area contributed by atoms with Gasteiger partial charge in [-0.05, 0) is 50.4 Å². The molecule has 0 aliphatic heterocycles. The molecule has 0 aliphatic rings. The van der Waals surface area contributed by atoms with Crippen molar-refractivity contribution in [1.29, 1.82) is 0 Å². The van der Waals surface area contributed by atoms with Crippen molar-refractivity contribution in [3.8, 4) is 0 Å². The van der Waals surface area contributed by atoms with Gasteiger partial charge in [0.25, 0.3) is 5.69 Å². The van der Waals surface area contributed by atoms with E-state index in [1.54, 1.807) is 0 Å². The first-order valence-corrected chi connectivity index (χ1v) is 11.2. The Balaban J connectivity index is 2.28. The van der Waals surface area contributed by atoms with E-state index in [1.807, 2.05) is 50.5 Å². The van der Waals surface area contributed by atoms with E-state index >= 15 is 0 Å². The van der Waals surface area contributed by atoms with E-state index in [2.05, 4.69) is 11.8 Å². The van der Waals surface area contributed by atoms with E-state index in [-0.39, 0.29) is 17.2 Å². The molecule has 2 aromatic rings. The van der Waals surface area contributed by atoms with Crippen LogP contribution in [-0.4, -0.2) is 42.5 Å². The SMILES string of the molecule is CCCCCC(CN(C)C)C(C=Cc1ccccc1Cl)OC(=O)c1ccc([N+](=O)[O-])cc1. The highest BCUT2D eigenvalue weighted by molar-refractivity contribution is 6.32. The normalized spacial score (nSPS) is 13.3. The molecule has 0 aromatic heterocycles. The van der Waals surface area contributed by atoms with Crippen molar-refractivity contribution in [2.24, 2.45) is 5.92 Å². The molecule has 2 atom stereocenters. The molecule has 0 N–H and O–H groups in total. The minimum Gasteiger partial charge on any atom is -0.454 e. The molecule has 32 heavy (non-hydrogen) atoms. The van der Waals surface area contributed by atoms with Gasteiger partial charge < -0.3 is 9.64 Å². The Bertz CT molecular complexity index is 912. The number of ether oxygens (including phenoxy) is 1. The molecule has 0 radical (unpaired) electrons. The average molecular weight is 459 g/mol. The molecule has 0 bridgehead atoms. The number of hydrogen-bond acceptors (Lipinski definition) is 5. The van der Waals surface area contributed by atoms with Crippen molar-refractivity contribution in [1.82, 2.24) is 4.90 Å². The second-order valence-corrected chi connectivity index (χ2v) is 8.48. The van der Waals surface area contributed by atoms with Gasteiger partial charge in [-0.2, -0.15) is 0 Å². The van der Waals surface area contributed by atoms with Gasteiger partial charge in [0.05, 0.1) is 10.5 Å². The molecule has 172 valence electrons. The number of hydrogen-bond donors (Lipinski definition) is 0. The molecular formula is C25H31ClN2O4. The van der Waals surface area contributed by atoms with E-state index < -0.39 is 17.0 Å². The molecule has 0 fully saturated rings. The highest BCUT2D eigenvalue weighted by Gasteiger charge is 2.24. The molecule has 6 nitrogen and oxygen atoms in total. The Morgan fingerprint density at radius 2 is 1.84 bits per heavy atom. The summed E-state index contributed by atoms with van der Waals surface area (Å²) in [5.74, 6) is -0.412. The fourth-order valence-electron chi connectivity index (χ4n) is 3.50. The molecule has 0 heterocycles. The minimum atomic E-state index is -0.507. The lowest BCUT2D eigenvalue weighted by atomic mass is 9.93. The van der Waals surface area contributed by atoms with Crippen molar-refractivity contribution < 1.29 is 14.5 Å². The summed E-state index contributed by atoms with van der Waals surface area (Å²) in [4.78, 5) is 25.4. The highest BCUT2D eigenvalue weighted by atomic mass is 35.5. The summed E-state index contributed by atoms with van der Waals surface area (Å²) >= 11 is 6.29. The van der Waals surface area contributed by atoms with E-state index in [0.717, 1.165) is 37.8 Å². The van der Waals surface area contributed by atoms with Gasteiger partial charge in [0.2, 0.25) is 0 Å². The molecule has 0 aliphatic carbocycles. The molecule has 0 saturated carbocycles. The van der Waals surface area contributed by atoms with Crippen LogP contribution in [0.3, 0.4) is 0 Å². The quantitative estimate of drug-likeness (QED) is 0.163. The third kappa shape index (κ3) is 8.09. The number of esters is 1. The van der Waals surface area contributed by atoms with Gasteiger partial charge in [-0.1, -0.05) is 62.1 Å². The number of benzene rings is 2. The first kappa shape index (κ1) is 25.6. The molecule has 2 unspecified atom stereocenters. The maximum atomic E-state index is 12.9. The number of unbranched alkanes of at least 4 members (excludes halogenated alkanes) is 2. The van der Waals surface area contributed by atoms with Crippen LogP contribution in [0.5, 0.6) is 0 Å². The second kappa shape index (κ2) is 13.0. The lowest BCUT2D eigenvalue weighted by molar-refractivity contribution is -0.384. The van der Waals surface area contributed by atoms with Gasteiger partial charge >= 0.3 is 5.97 Å². The summed E-state index contributed by atoms with van der Waals surface area (Å²) in [7, 11) is 4.00. The monoisotopic (exact) mass is 458 g/mol. The number of nitrogens with zero attached hydrogens (tertiary/aromatic N) is 2. The Hall–Kier alpha value is -2.70. The van der Waals surface area contributed by atoms with Gasteiger partial charge in [-0.15, -0.1) is 0 Å². The van der Waals surface area contributed by atoms with Crippen LogP contribution in [0, 0.1) is 16.0 Å². The Kier molecular flexibility index (Phi) is 10.4. The van der Waals surface area contributed by atoms with Crippen LogP contribution in [0.4, 0.5) is 5.69 Å². The Labute approximate surface area is 195 Å². The Morgan fingerprint density at radius 1 is 1.16 bits per heavy atom. The number of carbonyl (C=O) groups excluding carboxylic acids is 1. The fourth-order valence-corrected chi connectivity index (χ4v) is 3.70. The van der Waals surface area contributed by atoms with Crippen molar-refractivity contribution in [2.75, 3.05) is 20.6 Å². The standard InChI is InChI=1S/C25H31ClN2O4/c1-4-5-6-10-21(18-27(2)3)24(17-14-19-9-7-8-11-23(19)26)32-25(29)20-12-15-22(16-13-20)28(30)31/h7-9,11-17,21,24H,4-6,10,18H2,1-3H3. The molecule has 0 amide bonds. The summed E-state index contributed by atoms with van der Waals surface area (Å²) in [6.45, 7) is 2.92. The third-order valence-electron chi connectivity index (χ3n) is 5.17. The van der Waals surface area contributed by atoms with Crippen LogP contribution in [0.25, 0.3) is 6.08 Å². The predicted molar refractivity (Wildman–Crippen MR) is 129 cm³/mol. The summed E-state index contributed by atoms with van der Waals surface area (Å²) in [6, 6.07) is 13.0. The van der Waals surface area contributed by atoms with Crippen molar-refractivity contribution >= 4 is 29.3 Å². The summed E-state index contributed by atoms with van der Waals surface area (Å²) in [5, 5.41) is 11.5. The van der Waals surface area contributed by atoms with Crippen LogP contribution in [-0.2, 0) is 4.74 Å². The summed E-state index contributed by atoms with van der Waals surface area (Å²) in [6.07, 6.45) is 7.49. The van der Waals surface area contributed by atoms with Crippen LogP contribution in [0.15, 0.2) is 54.6 Å². The van der Waals surface area contributed by atoms with E-state index in [4.69, 9.17) is 16.3 Å². The summed E-state index contributed by atoms with van der Waals surface area (Å²) < 4.78 is 5.93. The zero-order valence-electron chi connectivity index (χ0n) is 18.9. The van der Waals surface area contributed by atoms with Crippen LogP contribution >= 0.6 is 11.6 Å². The fraction of sp³-hybridized carbons (Fsp3) is 0.400. The zero-order valence-corrected chi connectivity index (χ0v) is 19.6. The molecule has 2 rings (SSSR count). The van der Waals surface area contributed by atoms with Crippen LogP contribution in [0.1, 0.15) is 48.5 Å². The minimum absolute atomic E-state index is 0.0678. The van der Waals surface area contributed by atoms with Gasteiger partial charge in [0, 0.05) is 29.6 Å². The van der Waals surface area contributed by atoms with Gasteiger partial charge in [0.15, 0.2) is 0 Å². The molecular weight excluding hydrogens is 428 g/mol. The second-order valence-electron chi connectivity index (χ2n) is 8.07. The van der Waals surface area contributed by atoms with Crippen molar-refractivity contribution in [3.63, 3.8) is 0 Å². The first-order chi connectivity index (χ1) is 15.3. The molecule has 2 aromatic carbocycles. The van der Waals surface area contributed by atoms with Gasteiger partial charge in [-0.3, -0.25) is 10.1 Å². The maximum absolute atomic E-state index is 12.9. The number of nitro benzene ring substituents is 1. The van der Waals surface area contributed by atoms with Crippen LogP contribution in [0.2, 0.25) is 5.02 Å². The zero-order chi connectivity index (χ0) is 23.5. The maximum Gasteiger partial charge on any atom is 0.338 e. The molecule has 0 spiro atoms. The number of carbonyl (C=O) groups is 1. The van der Waals surface area contributed by atoms with Gasteiger partial charge in [0.1, 0.15) is 6.10 Å². The lowest BCUT2D eigenvalue weighted by Gasteiger charge is -2.27. The number of nitro groups is 1. The molecule has 0 saturated heterocycles. The first-order valence-electron chi connectivity index (χ1n) is 10.8. The van der Waals surface area contributed by atoms with Crippen molar-refractivity contribution in [2.45, 2.75) is 38.7 Å². The Morgan fingerprint density at radius 3 is 2.44 bits per heavy atom. The van der Waals surface area contributed by atoms with Crippen molar-refractivity contribution in [3.05, 3.63) is 80.9 Å². The summed E-state index contributed by atoms with van der Waals surface area (Å²) in [5.41, 5.74) is 1.06. The number of rotatable bonds is 12.